The maximum Gasteiger partial charge on any atom is 0.194 e. The van der Waals surface area contributed by atoms with Gasteiger partial charge in [-0.15, -0.1) is 24.0 Å². The van der Waals surface area contributed by atoms with Crippen LogP contribution in [0, 0.1) is 11.6 Å². The summed E-state index contributed by atoms with van der Waals surface area (Å²) in [5, 5.41) is 13.4. The lowest BCUT2D eigenvalue weighted by atomic mass is 10.1. The smallest absolute Gasteiger partial charge is 0.194 e. The summed E-state index contributed by atoms with van der Waals surface area (Å²) in [6.45, 7) is 3.34. The van der Waals surface area contributed by atoms with Gasteiger partial charge in [-0.2, -0.15) is 0 Å². The lowest BCUT2D eigenvalue weighted by Crippen LogP contribution is -2.38. The first-order chi connectivity index (χ1) is 12.0. The maximum atomic E-state index is 13.0. The molecule has 7 heteroatoms. The van der Waals surface area contributed by atoms with E-state index >= 15 is 0 Å². The quantitative estimate of drug-likeness (QED) is 0.381. The lowest BCUT2D eigenvalue weighted by molar-refractivity contribution is 0.186. The van der Waals surface area contributed by atoms with Crippen LogP contribution in [0.15, 0.2) is 53.5 Å². The number of nitrogens with one attached hydrogen (secondary N) is 1. The number of hydrogen-bond acceptors (Lipinski definition) is 2. The van der Waals surface area contributed by atoms with Crippen molar-refractivity contribution in [2.75, 3.05) is 20.1 Å². The lowest BCUT2D eigenvalue weighted by Gasteiger charge is -2.22. The standard InChI is InChI=1S/C19H23F2N3O.HI/c1-3-22-19(24(2)13-14-4-8-16(20)9-5-14)23-12-18(25)15-6-10-17(21)11-7-15;/h4-11,18,25H,3,12-13H2,1-2H3,(H,22,23);1H. The number of nitrogens with zero attached hydrogens (tertiary/aromatic N) is 2. The number of benzene rings is 2. The highest BCUT2D eigenvalue weighted by Gasteiger charge is 2.10. The summed E-state index contributed by atoms with van der Waals surface area (Å²) in [6.07, 6.45) is -0.812. The number of rotatable bonds is 6. The van der Waals surface area contributed by atoms with Crippen molar-refractivity contribution in [1.82, 2.24) is 10.2 Å². The van der Waals surface area contributed by atoms with Crippen LogP contribution >= 0.6 is 24.0 Å². The Kier molecular flexibility index (Phi) is 9.50. The summed E-state index contributed by atoms with van der Waals surface area (Å²) < 4.78 is 26.0. The molecule has 1 atom stereocenters. The Hall–Kier alpha value is -1.74. The third-order valence-corrected chi connectivity index (χ3v) is 3.70. The van der Waals surface area contributed by atoms with Crippen molar-refractivity contribution >= 4 is 29.9 Å². The van der Waals surface area contributed by atoms with Crippen LogP contribution in [-0.2, 0) is 6.54 Å². The first-order valence-electron chi connectivity index (χ1n) is 8.17. The third kappa shape index (κ3) is 6.87. The van der Waals surface area contributed by atoms with Gasteiger partial charge in [0.2, 0.25) is 0 Å². The normalized spacial score (nSPS) is 12.3. The average molecular weight is 475 g/mol. The zero-order valence-corrected chi connectivity index (χ0v) is 17.2. The van der Waals surface area contributed by atoms with E-state index in [1.165, 1.54) is 24.3 Å². The molecule has 0 aliphatic heterocycles. The van der Waals surface area contributed by atoms with Crippen LogP contribution in [0.3, 0.4) is 0 Å². The van der Waals surface area contributed by atoms with Gasteiger partial charge in [0, 0.05) is 20.1 Å². The first-order valence-corrected chi connectivity index (χ1v) is 8.17. The van der Waals surface area contributed by atoms with Crippen LogP contribution in [0.1, 0.15) is 24.2 Å². The Morgan fingerprint density at radius 3 is 2.15 bits per heavy atom. The first kappa shape index (κ1) is 22.3. The van der Waals surface area contributed by atoms with Crippen LogP contribution in [0.2, 0.25) is 0 Å². The molecule has 2 rings (SSSR count). The Balaban J connectivity index is 0.00000338. The fourth-order valence-corrected chi connectivity index (χ4v) is 2.37. The molecule has 2 aromatic rings. The van der Waals surface area contributed by atoms with E-state index in [4.69, 9.17) is 0 Å². The Bertz CT molecular complexity index is 693. The van der Waals surface area contributed by atoms with Crippen LogP contribution in [-0.4, -0.2) is 36.1 Å². The van der Waals surface area contributed by atoms with Crippen molar-refractivity contribution in [1.29, 1.82) is 0 Å². The molecule has 0 fully saturated rings. The number of hydrogen-bond donors (Lipinski definition) is 2. The topological polar surface area (TPSA) is 47.9 Å². The molecule has 0 heterocycles. The van der Waals surface area contributed by atoms with Crippen molar-refractivity contribution in [3.63, 3.8) is 0 Å². The van der Waals surface area contributed by atoms with E-state index in [9.17, 15) is 13.9 Å². The van der Waals surface area contributed by atoms with E-state index < -0.39 is 6.10 Å². The fourth-order valence-electron chi connectivity index (χ4n) is 2.37. The van der Waals surface area contributed by atoms with Crippen molar-refractivity contribution in [3.05, 3.63) is 71.3 Å². The van der Waals surface area contributed by atoms with E-state index in [0.717, 1.165) is 5.56 Å². The molecular formula is C19H24F2IN3O. The second-order valence-corrected chi connectivity index (χ2v) is 5.74. The van der Waals surface area contributed by atoms with Crippen molar-refractivity contribution in [2.45, 2.75) is 19.6 Å². The van der Waals surface area contributed by atoms with Crippen LogP contribution in [0.4, 0.5) is 8.78 Å². The van der Waals surface area contributed by atoms with Gasteiger partial charge in [-0.05, 0) is 42.3 Å². The van der Waals surface area contributed by atoms with Crippen LogP contribution < -0.4 is 5.32 Å². The zero-order valence-electron chi connectivity index (χ0n) is 14.8. The van der Waals surface area contributed by atoms with Crippen molar-refractivity contribution in [2.24, 2.45) is 4.99 Å². The molecule has 4 nitrogen and oxygen atoms in total. The molecule has 0 amide bonds. The Labute approximate surface area is 170 Å². The number of halogens is 3. The van der Waals surface area contributed by atoms with Gasteiger partial charge >= 0.3 is 0 Å². The number of aliphatic hydroxyl groups is 1. The second-order valence-electron chi connectivity index (χ2n) is 5.74. The van der Waals surface area contributed by atoms with Crippen molar-refractivity contribution < 1.29 is 13.9 Å². The molecule has 0 saturated carbocycles. The van der Waals surface area contributed by atoms with Gasteiger partial charge in [-0.3, -0.25) is 4.99 Å². The molecule has 0 bridgehead atoms. The molecule has 0 radical (unpaired) electrons. The molecule has 0 aliphatic carbocycles. The maximum absolute atomic E-state index is 13.0. The van der Waals surface area contributed by atoms with Gasteiger partial charge in [-0.25, -0.2) is 8.78 Å². The second kappa shape index (κ2) is 11.1. The third-order valence-electron chi connectivity index (χ3n) is 3.70. The summed E-state index contributed by atoms with van der Waals surface area (Å²) in [5.74, 6) is 0.0224. The summed E-state index contributed by atoms with van der Waals surface area (Å²) in [5.41, 5.74) is 1.57. The molecule has 2 aromatic carbocycles. The van der Waals surface area contributed by atoms with Gasteiger partial charge in [0.15, 0.2) is 5.96 Å². The highest BCUT2D eigenvalue weighted by molar-refractivity contribution is 14.0. The van der Waals surface area contributed by atoms with Gasteiger partial charge < -0.3 is 15.3 Å². The minimum Gasteiger partial charge on any atom is -0.386 e. The molecule has 0 aromatic heterocycles. The minimum atomic E-state index is -0.812. The molecule has 0 saturated heterocycles. The number of aliphatic hydroxyl groups excluding tert-OH is 1. The highest BCUT2D eigenvalue weighted by Crippen LogP contribution is 2.14. The SMILES string of the molecule is CCNC(=NCC(O)c1ccc(F)cc1)N(C)Cc1ccc(F)cc1.I. The average Bonchev–Trinajstić information content (AvgIpc) is 2.60. The van der Waals surface area contributed by atoms with E-state index in [1.807, 2.05) is 18.9 Å². The molecule has 0 spiro atoms. The monoisotopic (exact) mass is 475 g/mol. The molecule has 2 N–H and O–H groups in total. The molecule has 26 heavy (non-hydrogen) atoms. The minimum absolute atomic E-state index is 0. The largest absolute Gasteiger partial charge is 0.386 e. The highest BCUT2D eigenvalue weighted by atomic mass is 127. The van der Waals surface area contributed by atoms with Gasteiger partial charge in [-0.1, -0.05) is 24.3 Å². The zero-order chi connectivity index (χ0) is 18.2. The van der Waals surface area contributed by atoms with Crippen LogP contribution in [0.5, 0.6) is 0 Å². The van der Waals surface area contributed by atoms with Gasteiger partial charge in [0.25, 0.3) is 0 Å². The van der Waals surface area contributed by atoms with Crippen molar-refractivity contribution in [3.8, 4) is 0 Å². The predicted molar refractivity (Wildman–Crippen MR) is 111 cm³/mol. The Morgan fingerprint density at radius 1 is 1.08 bits per heavy atom. The van der Waals surface area contributed by atoms with E-state index in [0.29, 0.717) is 24.6 Å². The van der Waals surface area contributed by atoms with E-state index in [1.54, 1.807) is 24.3 Å². The molecule has 142 valence electrons. The molecule has 1 unspecified atom stereocenters. The predicted octanol–water partition coefficient (Wildman–Crippen LogP) is 3.71. The van der Waals surface area contributed by atoms with E-state index in [-0.39, 0.29) is 42.2 Å². The number of aliphatic imine (C=N–C) groups is 1. The van der Waals surface area contributed by atoms with E-state index in [2.05, 4.69) is 10.3 Å². The summed E-state index contributed by atoms with van der Waals surface area (Å²) in [6, 6.07) is 12.0. The molecular weight excluding hydrogens is 451 g/mol. The van der Waals surface area contributed by atoms with Gasteiger partial charge in [0.1, 0.15) is 11.6 Å². The fraction of sp³-hybridized carbons (Fsp3) is 0.316. The van der Waals surface area contributed by atoms with Crippen LogP contribution in [0.25, 0.3) is 0 Å². The van der Waals surface area contributed by atoms with Gasteiger partial charge in [0.05, 0.1) is 12.6 Å². The Morgan fingerprint density at radius 2 is 1.62 bits per heavy atom. The molecule has 0 aliphatic rings. The summed E-state index contributed by atoms with van der Waals surface area (Å²) in [4.78, 5) is 6.34. The number of guanidine groups is 1. The summed E-state index contributed by atoms with van der Waals surface area (Å²) in [7, 11) is 1.87. The summed E-state index contributed by atoms with van der Waals surface area (Å²) >= 11 is 0.